The van der Waals surface area contributed by atoms with Crippen molar-refractivity contribution in [3.63, 3.8) is 0 Å². The highest BCUT2D eigenvalue weighted by molar-refractivity contribution is 6.30. The topological polar surface area (TPSA) is 50.4 Å². The van der Waals surface area contributed by atoms with Crippen LogP contribution in [0, 0.1) is 0 Å². The Bertz CT molecular complexity index is 766. The Morgan fingerprint density at radius 3 is 2.65 bits per heavy atom. The zero-order valence-corrected chi connectivity index (χ0v) is 14.7. The maximum Gasteiger partial charge on any atom is 0.418 e. The molecule has 140 valence electrons. The molecular weight excluding hydrogens is 369 g/mol. The van der Waals surface area contributed by atoms with Crippen molar-refractivity contribution < 1.29 is 22.7 Å². The van der Waals surface area contributed by atoms with Gasteiger partial charge in [-0.15, -0.1) is 0 Å². The van der Waals surface area contributed by atoms with Gasteiger partial charge in [0.05, 0.1) is 19.2 Å². The van der Waals surface area contributed by atoms with E-state index in [9.17, 15) is 18.0 Å². The van der Waals surface area contributed by atoms with Crippen molar-refractivity contribution in [1.82, 2.24) is 5.32 Å². The van der Waals surface area contributed by atoms with Gasteiger partial charge in [0, 0.05) is 17.3 Å². The Morgan fingerprint density at radius 2 is 1.96 bits per heavy atom. The fraction of sp³-hybridized carbons (Fsp3) is 0.278. The Labute approximate surface area is 154 Å². The first-order valence-electron chi connectivity index (χ1n) is 7.80. The molecule has 0 atom stereocenters. The van der Waals surface area contributed by atoms with Crippen molar-refractivity contribution in [2.24, 2.45) is 0 Å². The largest absolute Gasteiger partial charge is 0.497 e. The van der Waals surface area contributed by atoms with Crippen LogP contribution in [0.2, 0.25) is 5.02 Å². The number of anilines is 1. The SMILES string of the molecule is COc1cccc(CCNC(=O)CNc2ccc(Cl)cc2C(F)(F)F)c1. The van der Waals surface area contributed by atoms with Gasteiger partial charge in [-0.25, -0.2) is 0 Å². The van der Waals surface area contributed by atoms with Crippen molar-refractivity contribution in [2.75, 3.05) is 25.5 Å². The highest BCUT2D eigenvalue weighted by Crippen LogP contribution is 2.36. The van der Waals surface area contributed by atoms with Crippen LogP contribution in [0.1, 0.15) is 11.1 Å². The normalized spacial score (nSPS) is 11.1. The average Bonchev–Trinajstić information content (AvgIpc) is 2.60. The van der Waals surface area contributed by atoms with E-state index in [1.165, 1.54) is 12.1 Å². The quantitative estimate of drug-likeness (QED) is 0.752. The number of hydrogen-bond donors (Lipinski definition) is 2. The number of rotatable bonds is 7. The molecule has 0 aliphatic rings. The van der Waals surface area contributed by atoms with Gasteiger partial charge in [0.2, 0.25) is 5.91 Å². The summed E-state index contributed by atoms with van der Waals surface area (Å²) in [6.07, 6.45) is -3.98. The molecule has 2 aromatic carbocycles. The summed E-state index contributed by atoms with van der Waals surface area (Å²) in [5.41, 5.74) is -0.117. The van der Waals surface area contributed by atoms with Gasteiger partial charge in [-0.05, 0) is 42.3 Å². The molecular formula is C18H18ClF3N2O2. The molecule has 0 saturated heterocycles. The summed E-state index contributed by atoms with van der Waals surface area (Å²) in [5, 5.41) is 5.14. The molecule has 0 saturated carbocycles. The number of methoxy groups -OCH3 is 1. The third-order valence-electron chi connectivity index (χ3n) is 3.60. The first-order chi connectivity index (χ1) is 12.3. The van der Waals surface area contributed by atoms with E-state index in [1.807, 2.05) is 24.3 Å². The number of carbonyl (C=O) groups excluding carboxylic acids is 1. The molecule has 2 rings (SSSR count). The summed E-state index contributed by atoms with van der Waals surface area (Å²) in [6.45, 7) is 0.0866. The zero-order valence-electron chi connectivity index (χ0n) is 14.0. The van der Waals surface area contributed by atoms with Crippen molar-refractivity contribution in [3.8, 4) is 5.75 Å². The fourth-order valence-corrected chi connectivity index (χ4v) is 2.49. The lowest BCUT2D eigenvalue weighted by molar-refractivity contribution is -0.137. The van der Waals surface area contributed by atoms with E-state index in [0.29, 0.717) is 13.0 Å². The Hall–Kier alpha value is -2.41. The second-order valence-corrected chi connectivity index (χ2v) is 5.93. The number of carbonyl (C=O) groups is 1. The van der Waals surface area contributed by atoms with Gasteiger partial charge in [0.15, 0.2) is 0 Å². The van der Waals surface area contributed by atoms with E-state index >= 15 is 0 Å². The van der Waals surface area contributed by atoms with Gasteiger partial charge in [0.25, 0.3) is 0 Å². The number of halogens is 4. The Balaban J connectivity index is 1.85. The maximum absolute atomic E-state index is 13.0. The molecule has 0 aliphatic heterocycles. The molecule has 1 amide bonds. The van der Waals surface area contributed by atoms with E-state index in [1.54, 1.807) is 7.11 Å². The predicted molar refractivity (Wildman–Crippen MR) is 94.7 cm³/mol. The first kappa shape index (κ1) is 19.9. The molecule has 0 aromatic heterocycles. The summed E-state index contributed by atoms with van der Waals surface area (Å²) in [7, 11) is 1.57. The molecule has 26 heavy (non-hydrogen) atoms. The number of ether oxygens (including phenoxy) is 1. The van der Waals surface area contributed by atoms with Gasteiger partial charge < -0.3 is 15.4 Å². The molecule has 2 aromatic rings. The minimum absolute atomic E-state index is 0.0226. The van der Waals surface area contributed by atoms with Crippen LogP contribution in [0.4, 0.5) is 18.9 Å². The van der Waals surface area contributed by atoms with Gasteiger partial charge in [-0.2, -0.15) is 13.2 Å². The fourth-order valence-electron chi connectivity index (χ4n) is 2.32. The molecule has 0 spiro atoms. The average molecular weight is 387 g/mol. The summed E-state index contributed by atoms with van der Waals surface area (Å²) >= 11 is 5.62. The van der Waals surface area contributed by atoms with Crippen molar-refractivity contribution in [1.29, 1.82) is 0 Å². The third-order valence-corrected chi connectivity index (χ3v) is 3.83. The van der Waals surface area contributed by atoms with Gasteiger partial charge in [0.1, 0.15) is 5.75 Å². The smallest absolute Gasteiger partial charge is 0.418 e. The molecule has 0 bridgehead atoms. The van der Waals surface area contributed by atoms with Crippen LogP contribution in [0.5, 0.6) is 5.75 Å². The van der Waals surface area contributed by atoms with Crippen LogP contribution < -0.4 is 15.4 Å². The minimum Gasteiger partial charge on any atom is -0.497 e. The van der Waals surface area contributed by atoms with Crippen LogP contribution in [0.3, 0.4) is 0 Å². The zero-order chi connectivity index (χ0) is 19.2. The third kappa shape index (κ3) is 5.84. The highest BCUT2D eigenvalue weighted by Gasteiger charge is 2.33. The number of hydrogen-bond acceptors (Lipinski definition) is 3. The van der Waals surface area contributed by atoms with Crippen LogP contribution >= 0.6 is 11.6 Å². The number of benzene rings is 2. The van der Waals surface area contributed by atoms with E-state index in [2.05, 4.69) is 10.6 Å². The van der Waals surface area contributed by atoms with E-state index in [0.717, 1.165) is 17.4 Å². The summed E-state index contributed by atoms with van der Waals surface area (Å²) < 4.78 is 44.1. The predicted octanol–water partition coefficient (Wildman–Crippen LogP) is 4.14. The van der Waals surface area contributed by atoms with E-state index in [4.69, 9.17) is 16.3 Å². The van der Waals surface area contributed by atoms with Gasteiger partial charge in [-0.3, -0.25) is 4.79 Å². The molecule has 0 fully saturated rings. The van der Waals surface area contributed by atoms with Crippen molar-refractivity contribution >= 4 is 23.2 Å². The molecule has 0 radical (unpaired) electrons. The van der Waals surface area contributed by atoms with Gasteiger partial charge in [-0.1, -0.05) is 23.7 Å². The second kappa shape index (κ2) is 8.80. The number of alkyl halides is 3. The Kier molecular flexibility index (Phi) is 6.74. The summed E-state index contributed by atoms with van der Waals surface area (Å²) in [4.78, 5) is 11.9. The summed E-state index contributed by atoms with van der Waals surface area (Å²) in [5.74, 6) is 0.314. The molecule has 0 heterocycles. The van der Waals surface area contributed by atoms with Crippen LogP contribution in [-0.4, -0.2) is 26.1 Å². The molecule has 2 N–H and O–H groups in total. The molecule has 8 heteroatoms. The molecule has 0 unspecified atom stereocenters. The molecule has 0 aliphatic carbocycles. The second-order valence-electron chi connectivity index (χ2n) is 5.49. The van der Waals surface area contributed by atoms with Crippen LogP contribution in [0.25, 0.3) is 0 Å². The van der Waals surface area contributed by atoms with Gasteiger partial charge >= 0.3 is 6.18 Å². The highest BCUT2D eigenvalue weighted by atomic mass is 35.5. The first-order valence-corrected chi connectivity index (χ1v) is 8.17. The number of nitrogens with one attached hydrogen (secondary N) is 2. The lowest BCUT2D eigenvalue weighted by Gasteiger charge is -2.15. The van der Waals surface area contributed by atoms with E-state index in [-0.39, 0.29) is 17.3 Å². The number of amides is 1. The standard InChI is InChI=1S/C18H18ClF3N2O2/c1-26-14-4-2-3-12(9-14)7-8-23-17(25)11-24-16-6-5-13(19)10-15(16)18(20,21)22/h2-6,9-10,24H,7-8,11H2,1H3,(H,23,25). The Morgan fingerprint density at radius 1 is 1.19 bits per heavy atom. The van der Waals surface area contributed by atoms with Crippen molar-refractivity contribution in [3.05, 3.63) is 58.6 Å². The summed E-state index contributed by atoms with van der Waals surface area (Å²) in [6, 6.07) is 10.8. The lowest BCUT2D eigenvalue weighted by atomic mass is 10.1. The minimum atomic E-state index is -4.56. The van der Waals surface area contributed by atoms with Crippen molar-refractivity contribution in [2.45, 2.75) is 12.6 Å². The van der Waals surface area contributed by atoms with E-state index < -0.39 is 17.6 Å². The lowest BCUT2D eigenvalue weighted by Crippen LogP contribution is -2.31. The van der Waals surface area contributed by atoms with Crippen LogP contribution in [0.15, 0.2) is 42.5 Å². The maximum atomic E-state index is 13.0. The molecule has 4 nitrogen and oxygen atoms in total. The monoisotopic (exact) mass is 386 g/mol. The van der Waals surface area contributed by atoms with Crippen LogP contribution in [-0.2, 0) is 17.4 Å².